The molecule has 1 heterocycles. The van der Waals surface area contributed by atoms with Crippen LogP contribution in [0, 0.1) is 19.8 Å². The number of amides is 1. The van der Waals surface area contributed by atoms with Gasteiger partial charge in [0.1, 0.15) is 0 Å². The molecule has 0 saturated carbocycles. The molecule has 0 radical (unpaired) electrons. The summed E-state index contributed by atoms with van der Waals surface area (Å²) in [6.07, 6.45) is 2.92. The van der Waals surface area contributed by atoms with Gasteiger partial charge in [0, 0.05) is 25.0 Å². The maximum atomic E-state index is 13.1. The number of nitrogens with zero attached hydrogens (tertiary/aromatic N) is 1. The number of hydrogen-bond donors (Lipinski definition) is 1. The van der Waals surface area contributed by atoms with Gasteiger partial charge in [0.2, 0.25) is 15.9 Å². The number of carbonyl (C=O) groups is 1. The Labute approximate surface area is 180 Å². The van der Waals surface area contributed by atoms with E-state index in [4.69, 9.17) is 0 Å². The number of benzene rings is 2. The molecule has 1 aliphatic heterocycles. The Morgan fingerprint density at radius 1 is 1.10 bits per heavy atom. The Morgan fingerprint density at radius 2 is 1.77 bits per heavy atom. The number of rotatable bonds is 7. The minimum atomic E-state index is -3.53. The highest BCUT2D eigenvalue weighted by Gasteiger charge is 2.33. The van der Waals surface area contributed by atoms with Crippen LogP contribution in [0.2, 0.25) is 0 Å². The Bertz CT molecular complexity index is 965. The van der Waals surface area contributed by atoms with Crippen molar-refractivity contribution in [2.75, 3.05) is 13.1 Å². The molecule has 0 bridgehead atoms. The van der Waals surface area contributed by atoms with Gasteiger partial charge in [-0.05, 0) is 69.2 Å². The molecule has 30 heavy (non-hydrogen) atoms. The quantitative estimate of drug-likeness (QED) is 0.729. The second-order valence-corrected chi connectivity index (χ2v) is 10.3. The van der Waals surface area contributed by atoms with Crippen LogP contribution in [0.15, 0.2) is 53.4 Å². The minimum absolute atomic E-state index is 0.0411. The van der Waals surface area contributed by atoms with E-state index in [0.29, 0.717) is 30.8 Å². The predicted molar refractivity (Wildman–Crippen MR) is 120 cm³/mol. The Morgan fingerprint density at radius 3 is 2.43 bits per heavy atom. The zero-order valence-electron chi connectivity index (χ0n) is 18.1. The second kappa shape index (κ2) is 9.75. The molecule has 2 aromatic rings. The maximum absolute atomic E-state index is 13.1. The first-order valence-corrected chi connectivity index (χ1v) is 12.1. The standard InChI is InChI=1S/C24H32N2O3S/c1-18-9-10-19(2)23(17-18)30(28,29)26-15-13-22(14-16-26)24(27)25-20(3)11-12-21-7-5-4-6-8-21/h4-10,17,20,22H,11-16H2,1-3H3,(H,25,27)/t20-/m1/s1. The SMILES string of the molecule is Cc1ccc(C)c(S(=O)(=O)N2CCC(C(=O)N[C@H](C)CCc3ccccc3)CC2)c1. The normalized spacial score (nSPS) is 16.9. The van der Waals surface area contributed by atoms with Crippen molar-refractivity contribution in [1.29, 1.82) is 0 Å². The van der Waals surface area contributed by atoms with E-state index in [2.05, 4.69) is 17.4 Å². The third kappa shape index (κ3) is 5.49. The van der Waals surface area contributed by atoms with Crippen LogP contribution in [0.3, 0.4) is 0 Å². The van der Waals surface area contributed by atoms with E-state index < -0.39 is 10.0 Å². The molecular weight excluding hydrogens is 396 g/mol. The zero-order valence-corrected chi connectivity index (χ0v) is 18.9. The molecule has 0 unspecified atom stereocenters. The second-order valence-electron chi connectivity index (χ2n) is 8.38. The average molecular weight is 429 g/mol. The van der Waals surface area contributed by atoms with Crippen LogP contribution in [0.1, 0.15) is 42.9 Å². The molecule has 0 aromatic heterocycles. The molecule has 1 amide bonds. The van der Waals surface area contributed by atoms with E-state index in [0.717, 1.165) is 24.0 Å². The van der Waals surface area contributed by atoms with Crippen molar-refractivity contribution in [3.05, 3.63) is 65.2 Å². The molecule has 0 spiro atoms. The van der Waals surface area contributed by atoms with Crippen LogP contribution in [0.4, 0.5) is 0 Å². The number of aryl methyl sites for hydroxylation is 3. The largest absolute Gasteiger partial charge is 0.353 e. The Balaban J connectivity index is 1.52. The molecule has 1 aliphatic rings. The van der Waals surface area contributed by atoms with Crippen molar-refractivity contribution < 1.29 is 13.2 Å². The van der Waals surface area contributed by atoms with Crippen LogP contribution in [-0.4, -0.2) is 37.8 Å². The third-order valence-corrected chi connectivity index (χ3v) is 7.92. The van der Waals surface area contributed by atoms with Gasteiger partial charge in [-0.1, -0.05) is 42.5 Å². The highest BCUT2D eigenvalue weighted by Crippen LogP contribution is 2.26. The molecule has 2 aromatic carbocycles. The van der Waals surface area contributed by atoms with Gasteiger partial charge in [-0.3, -0.25) is 4.79 Å². The number of nitrogens with one attached hydrogen (secondary N) is 1. The predicted octanol–water partition coefficient (Wildman–Crippen LogP) is 3.84. The summed E-state index contributed by atoms with van der Waals surface area (Å²) < 4.78 is 27.6. The lowest BCUT2D eigenvalue weighted by Gasteiger charge is -2.31. The molecule has 1 N–H and O–H groups in total. The Kier molecular flexibility index (Phi) is 7.32. The van der Waals surface area contributed by atoms with Crippen molar-refractivity contribution in [2.24, 2.45) is 5.92 Å². The molecule has 1 atom stereocenters. The molecule has 1 fully saturated rings. The van der Waals surface area contributed by atoms with Crippen LogP contribution in [0.25, 0.3) is 0 Å². The molecular formula is C24H32N2O3S. The molecule has 6 heteroatoms. The summed E-state index contributed by atoms with van der Waals surface area (Å²) >= 11 is 0. The van der Waals surface area contributed by atoms with Gasteiger partial charge >= 0.3 is 0 Å². The lowest BCUT2D eigenvalue weighted by Crippen LogP contribution is -2.45. The topological polar surface area (TPSA) is 66.5 Å². The number of sulfonamides is 1. The first-order chi connectivity index (χ1) is 14.3. The monoisotopic (exact) mass is 428 g/mol. The molecule has 1 saturated heterocycles. The fourth-order valence-electron chi connectivity index (χ4n) is 3.94. The first kappa shape index (κ1) is 22.5. The van der Waals surface area contributed by atoms with E-state index in [-0.39, 0.29) is 17.9 Å². The molecule has 3 rings (SSSR count). The molecule has 0 aliphatic carbocycles. The van der Waals surface area contributed by atoms with Gasteiger partial charge in [0.25, 0.3) is 0 Å². The van der Waals surface area contributed by atoms with Gasteiger partial charge in [-0.25, -0.2) is 8.42 Å². The highest BCUT2D eigenvalue weighted by atomic mass is 32.2. The summed E-state index contributed by atoms with van der Waals surface area (Å²) in [6, 6.07) is 15.8. The van der Waals surface area contributed by atoms with Crippen molar-refractivity contribution in [3.8, 4) is 0 Å². The van der Waals surface area contributed by atoms with Gasteiger partial charge < -0.3 is 5.32 Å². The lowest BCUT2D eigenvalue weighted by atomic mass is 9.96. The smallest absolute Gasteiger partial charge is 0.243 e. The van der Waals surface area contributed by atoms with Crippen LogP contribution >= 0.6 is 0 Å². The number of hydrogen-bond acceptors (Lipinski definition) is 3. The van der Waals surface area contributed by atoms with Crippen molar-refractivity contribution in [1.82, 2.24) is 9.62 Å². The molecule has 5 nitrogen and oxygen atoms in total. The van der Waals surface area contributed by atoms with E-state index in [1.54, 1.807) is 6.07 Å². The van der Waals surface area contributed by atoms with Crippen LogP contribution in [-0.2, 0) is 21.2 Å². The first-order valence-electron chi connectivity index (χ1n) is 10.7. The van der Waals surface area contributed by atoms with E-state index in [1.807, 2.05) is 51.1 Å². The van der Waals surface area contributed by atoms with Crippen LogP contribution < -0.4 is 5.32 Å². The van der Waals surface area contributed by atoms with Crippen molar-refractivity contribution in [2.45, 2.75) is 57.4 Å². The summed E-state index contributed by atoms with van der Waals surface area (Å²) in [7, 11) is -3.53. The average Bonchev–Trinajstić information content (AvgIpc) is 2.74. The van der Waals surface area contributed by atoms with Crippen LogP contribution in [0.5, 0.6) is 0 Å². The van der Waals surface area contributed by atoms with E-state index >= 15 is 0 Å². The summed E-state index contributed by atoms with van der Waals surface area (Å²) in [5.41, 5.74) is 2.95. The third-order valence-electron chi connectivity index (χ3n) is 5.88. The van der Waals surface area contributed by atoms with E-state index in [1.165, 1.54) is 9.87 Å². The van der Waals surface area contributed by atoms with Gasteiger partial charge in [-0.2, -0.15) is 4.31 Å². The van der Waals surface area contributed by atoms with Gasteiger partial charge in [-0.15, -0.1) is 0 Å². The summed E-state index contributed by atoms with van der Waals surface area (Å²) in [4.78, 5) is 13.0. The van der Waals surface area contributed by atoms with Crippen molar-refractivity contribution in [3.63, 3.8) is 0 Å². The summed E-state index contributed by atoms with van der Waals surface area (Å²) in [5, 5.41) is 3.11. The number of piperidine rings is 1. The fourth-order valence-corrected chi connectivity index (χ4v) is 5.72. The molecule has 162 valence electrons. The van der Waals surface area contributed by atoms with Gasteiger partial charge in [0.15, 0.2) is 0 Å². The zero-order chi connectivity index (χ0) is 21.7. The number of carbonyl (C=O) groups excluding carboxylic acids is 1. The highest BCUT2D eigenvalue weighted by molar-refractivity contribution is 7.89. The van der Waals surface area contributed by atoms with Gasteiger partial charge in [0.05, 0.1) is 4.90 Å². The summed E-state index contributed by atoms with van der Waals surface area (Å²) in [5.74, 6) is -0.0893. The van der Waals surface area contributed by atoms with Crippen molar-refractivity contribution >= 4 is 15.9 Å². The maximum Gasteiger partial charge on any atom is 0.243 e. The van der Waals surface area contributed by atoms with E-state index in [9.17, 15) is 13.2 Å². The fraction of sp³-hybridized carbons (Fsp3) is 0.458. The lowest BCUT2D eigenvalue weighted by molar-refractivity contribution is -0.126. The minimum Gasteiger partial charge on any atom is -0.353 e. The Hall–Kier alpha value is -2.18. The summed E-state index contributed by atoms with van der Waals surface area (Å²) in [6.45, 7) is 6.51.